The summed E-state index contributed by atoms with van der Waals surface area (Å²) in [4.78, 5) is 37.9. The van der Waals surface area contributed by atoms with Crippen molar-refractivity contribution in [1.29, 1.82) is 0 Å². The maximum atomic E-state index is 12.9. The van der Waals surface area contributed by atoms with Crippen molar-refractivity contribution in [2.24, 2.45) is 0 Å². The smallest absolute Gasteiger partial charge is 0.326 e. The zero-order valence-corrected chi connectivity index (χ0v) is 19.6. The molecule has 3 aromatic carbocycles. The van der Waals surface area contributed by atoms with Gasteiger partial charge in [-0.3, -0.25) is 13.8 Å². The maximum Gasteiger partial charge on any atom is 0.326 e. The largest absolute Gasteiger partial charge is 0.480 e. The Morgan fingerprint density at radius 3 is 1.91 bits per heavy atom. The van der Waals surface area contributed by atoms with Gasteiger partial charge in [0.1, 0.15) is 6.04 Å². The van der Waals surface area contributed by atoms with Crippen LogP contribution in [0.2, 0.25) is 0 Å². The van der Waals surface area contributed by atoms with Crippen molar-refractivity contribution in [3.05, 3.63) is 102 Å². The van der Waals surface area contributed by atoms with Gasteiger partial charge < -0.3 is 20.8 Å². The van der Waals surface area contributed by atoms with Gasteiger partial charge in [-0.15, -0.1) is 0 Å². The van der Waals surface area contributed by atoms with Crippen molar-refractivity contribution in [2.75, 3.05) is 5.75 Å². The number of carbonyl (C=O) groups is 3. The molecular weight excluding hydrogens is 468 g/mol. The van der Waals surface area contributed by atoms with Crippen molar-refractivity contribution in [3.8, 4) is 0 Å². The van der Waals surface area contributed by atoms with E-state index in [0.717, 1.165) is 0 Å². The number of aliphatic hydroxyl groups is 1. The highest BCUT2D eigenvalue weighted by Crippen LogP contribution is 2.19. The van der Waals surface area contributed by atoms with Crippen LogP contribution in [0.5, 0.6) is 0 Å². The van der Waals surface area contributed by atoms with Gasteiger partial charge >= 0.3 is 5.97 Å². The number of carbonyl (C=O) groups excluding carboxylic acids is 2. The standard InChI is InChI=1S/C26H26N2O6S/c29-23(22(18-10-4-1-5-11-18)28-24(30)19-12-6-2-7-13-19)25(31)27-21(26(32)33)16-17-35(34)20-14-8-3-9-15-20/h1-15,21-23,29H,16-17H2,(H,27,31)(H,28,30)(H,32,33)/t21-,22-,23+,35-/m0/s1. The van der Waals surface area contributed by atoms with Gasteiger partial charge in [0.05, 0.1) is 16.8 Å². The molecule has 0 aliphatic rings. The van der Waals surface area contributed by atoms with Crippen LogP contribution in [0.3, 0.4) is 0 Å². The Morgan fingerprint density at radius 2 is 1.34 bits per heavy atom. The van der Waals surface area contributed by atoms with Crippen LogP contribution in [0.1, 0.15) is 28.4 Å². The molecule has 0 bridgehead atoms. The molecular formula is C26H26N2O6S. The summed E-state index contributed by atoms with van der Waals surface area (Å²) in [5, 5.41) is 25.4. The first-order valence-electron chi connectivity index (χ1n) is 10.9. The van der Waals surface area contributed by atoms with E-state index in [-0.39, 0.29) is 12.2 Å². The van der Waals surface area contributed by atoms with Crippen molar-refractivity contribution in [1.82, 2.24) is 10.6 Å². The number of carboxylic acid groups (broad SMARTS) is 1. The zero-order chi connectivity index (χ0) is 25.2. The molecule has 182 valence electrons. The predicted octanol–water partition coefficient (Wildman–Crippen LogP) is 2.29. The fraction of sp³-hybridized carbons (Fsp3) is 0.192. The Balaban J connectivity index is 1.71. The average Bonchev–Trinajstić information content (AvgIpc) is 2.90. The minimum Gasteiger partial charge on any atom is -0.480 e. The monoisotopic (exact) mass is 494 g/mol. The second kappa shape index (κ2) is 12.6. The molecule has 0 saturated carbocycles. The molecule has 0 saturated heterocycles. The summed E-state index contributed by atoms with van der Waals surface area (Å²) in [6.07, 6.45) is -1.88. The van der Waals surface area contributed by atoms with E-state index < -0.39 is 46.8 Å². The topological polar surface area (TPSA) is 133 Å². The normalized spacial score (nSPS) is 14.2. The third-order valence-corrected chi connectivity index (χ3v) is 6.68. The number of hydrogen-bond donors (Lipinski definition) is 4. The second-order valence-electron chi connectivity index (χ2n) is 7.72. The van der Waals surface area contributed by atoms with Gasteiger partial charge in [-0.25, -0.2) is 4.79 Å². The van der Waals surface area contributed by atoms with Crippen LogP contribution in [0.4, 0.5) is 0 Å². The highest BCUT2D eigenvalue weighted by Gasteiger charge is 2.32. The molecule has 0 aromatic heterocycles. The van der Waals surface area contributed by atoms with E-state index in [1.807, 2.05) is 0 Å². The SMILES string of the molecule is O=C(N[C@@H](c1ccccc1)[C@@H](O)C(=O)N[C@@H](CC[S@](=O)c1ccccc1)C(=O)O)c1ccccc1. The second-order valence-corrected chi connectivity index (χ2v) is 9.29. The van der Waals surface area contributed by atoms with Crippen molar-refractivity contribution >= 4 is 28.6 Å². The van der Waals surface area contributed by atoms with Gasteiger partial charge in [-0.05, 0) is 36.2 Å². The summed E-state index contributed by atoms with van der Waals surface area (Å²) in [5.41, 5.74) is 0.810. The highest BCUT2D eigenvalue weighted by molar-refractivity contribution is 7.85. The third kappa shape index (κ3) is 7.33. The first-order chi connectivity index (χ1) is 16.9. The van der Waals surface area contributed by atoms with Gasteiger partial charge in [0.15, 0.2) is 6.10 Å². The predicted molar refractivity (Wildman–Crippen MR) is 131 cm³/mol. The third-order valence-electron chi connectivity index (χ3n) is 5.28. The molecule has 3 rings (SSSR count). The Hall–Kier alpha value is -3.82. The van der Waals surface area contributed by atoms with Gasteiger partial charge in [0, 0.05) is 16.2 Å². The zero-order valence-electron chi connectivity index (χ0n) is 18.7. The molecule has 4 atom stereocenters. The Morgan fingerprint density at radius 1 is 0.800 bits per heavy atom. The van der Waals surface area contributed by atoms with Crippen molar-refractivity contribution in [3.63, 3.8) is 0 Å². The molecule has 4 N–H and O–H groups in total. The van der Waals surface area contributed by atoms with Gasteiger partial charge in [-0.2, -0.15) is 0 Å². The summed E-state index contributed by atoms with van der Waals surface area (Å²) >= 11 is 0. The van der Waals surface area contributed by atoms with Gasteiger partial charge in [0.2, 0.25) is 0 Å². The number of aliphatic hydroxyl groups excluding tert-OH is 1. The lowest BCUT2D eigenvalue weighted by molar-refractivity contribution is -0.143. The number of nitrogens with one attached hydrogen (secondary N) is 2. The van der Waals surface area contributed by atoms with E-state index in [1.165, 1.54) is 0 Å². The van der Waals surface area contributed by atoms with Gasteiger partial charge in [-0.1, -0.05) is 66.7 Å². The number of carboxylic acids is 1. The summed E-state index contributed by atoms with van der Waals surface area (Å²) < 4.78 is 12.4. The number of benzene rings is 3. The van der Waals surface area contributed by atoms with Crippen LogP contribution in [0, 0.1) is 0 Å². The van der Waals surface area contributed by atoms with E-state index in [4.69, 9.17) is 0 Å². The fourth-order valence-corrected chi connectivity index (χ4v) is 4.55. The lowest BCUT2D eigenvalue weighted by atomic mass is 9.99. The van der Waals surface area contributed by atoms with Crippen LogP contribution in [-0.2, 0) is 20.4 Å². The molecule has 0 fully saturated rings. The minimum atomic E-state index is -1.77. The van der Waals surface area contributed by atoms with E-state index in [1.54, 1.807) is 91.0 Å². The summed E-state index contributed by atoms with van der Waals surface area (Å²) in [5.74, 6) is -2.78. The number of hydrogen-bond acceptors (Lipinski definition) is 5. The van der Waals surface area contributed by atoms with Crippen LogP contribution in [0.25, 0.3) is 0 Å². The summed E-state index contributed by atoms with van der Waals surface area (Å²) in [6.45, 7) is 0. The average molecular weight is 495 g/mol. The van der Waals surface area contributed by atoms with Gasteiger partial charge in [0.25, 0.3) is 11.8 Å². The van der Waals surface area contributed by atoms with Crippen LogP contribution in [0.15, 0.2) is 95.9 Å². The molecule has 0 spiro atoms. The molecule has 35 heavy (non-hydrogen) atoms. The molecule has 0 aliphatic carbocycles. The number of aliphatic carboxylic acids is 1. The molecule has 9 heteroatoms. The van der Waals surface area contributed by atoms with Crippen LogP contribution < -0.4 is 10.6 Å². The maximum absolute atomic E-state index is 12.9. The van der Waals surface area contributed by atoms with Crippen LogP contribution in [-0.4, -0.2) is 50.1 Å². The Bertz CT molecular complexity index is 1160. The highest BCUT2D eigenvalue weighted by atomic mass is 32.2. The molecule has 3 aromatic rings. The first kappa shape index (κ1) is 25.8. The number of rotatable bonds is 11. The van der Waals surface area contributed by atoms with E-state index in [0.29, 0.717) is 16.0 Å². The summed E-state index contributed by atoms with van der Waals surface area (Å²) in [7, 11) is -1.45. The van der Waals surface area contributed by atoms with E-state index >= 15 is 0 Å². The van der Waals surface area contributed by atoms with E-state index in [9.17, 15) is 28.8 Å². The molecule has 2 amide bonds. The summed E-state index contributed by atoms with van der Waals surface area (Å²) in [6, 6.07) is 22.8. The quantitative estimate of drug-likeness (QED) is 0.323. The lowest BCUT2D eigenvalue weighted by Crippen LogP contribution is -2.50. The first-order valence-corrected chi connectivity index (χ1v) is 12.2. The minimum absolute atomic E-state index is 0.00418. The van der Waals surface area contributed by atoms with Crippen LogP contribution >= 0.6 is 0 Å². The molecule has 0 unspecified atom stereocenters. The Labute approximate surface area is 205 Å². The Kier molecular flexibility index (Phi) is 9.28. The number of amides is 2. The fourth-order valence-electron chi connectivity index (χ4n) is 3.40. The lowest BCUT2D eigenvalue weighted by Gasteiger charge is -2.25. The van der Waals surface area contributed by atoms with Crippen molar-refractivity contribution < 1.29 is 28.8 Å². The molecule has 0 aliphatic heterocycles. The molecule has 8 nitrogen and oxygen atoms in total. The van der Waals surface area contributed by atoms with E-state index in [2.05, 4.69) is 10.6 Å². The molecule has 0 radical (unpaired) electrons. The van der Waals surface area contributed by atoms with Crippen molar-refractivity contribution in [2.45, 2.75) is 29.5 Å². The molecule has 0 heterocycles.